The third kappa shape index (κ3) is 4.81. The second-order valence-electron chi connectivity index (χ2n) is 5.32. The molecule has 0 aliphatic carbocycles. The molecule has 0 bridgehead atoms. The van der Waals surface area contributed by atoms with Gasteiger partial charge in [0, 0.05) is 18.1 Å². The lowest BCUT2D eigenvalue weighted by molar-refractivity contribution is 0.0472. The smallest absolute Gasteiger partial charge is 0.338 e. The first kappa shape index (κ1) is 19.4. The van der Waals surface area contributed by atoms with Crippen molar-refractivity contribution in [1.29, 1.82) is 0 Å². The van der Waals surface area contributed by atoms with Crippen LogP contribution in [0.2, 0.25) is 5.02 Å². The van der Waals surface area contributed by atoms with E-state index in [-0.39, 0.29) is 11.5 Å². The first-order valence-corrected chi connectivity index (χ1v) is 9.72. The van der Waals surface area contributed by atoms with Gasteiger partial charge in [0.25, 0.3) is 0 Å². The minimum atomic E-state index is -3.54. The van der Waals surface area contributed by atoms with Crippen molar-refractivity contribution in [3.05, 3.63) is 64.7 Å². The number of nitrogens with zero attached hydrogens (tertiary/aromatic N) is 1. The van der Waals surface area contributed by atoms with Crippen LogP contribution in [0.25, 0.3) is 0 Å². The molecule has 5 nitrogen and oxygen atoms in total. The Balaban J connectivity index is 2.07. The average molecular weight is 382 g/mol. The molecule has 0 aliphatic heterocycles. The van der Waals surface area contributed by atoms with E-state index in [0.29, 0.717) is 23.7 Å². The first-order chi connectivity index (χ1) is 11.9. The van der Waals surface area contributed by atoms with E-state index < -0.39 is 16.0 Å². The third-order valence-electron chi connectivity index (χ3n) is 3.69. The highest BCUT2D eigenvalue weighted by Crippen LogP contribution is 2.17. The molecule has 0 fully saturated rings. The summed E-state index contributed by atoms with van der Waals surface area (Å²) in [5, 5.41) is 0.569. The van der Waals surface area contributed by atoms with E-state index in [1.165, 1.54) is 28.6 Å². The molecule has 134 valence electrons. The van der Waals surface area contributed by atoms with Crippen LogP contribution >= 0.6 is 11.6 Å². The Labute approximate surface area is 153 Å². The number of carbonyl (C=O) groups is 1. The summed E-state index contributed by atoms with van der Waals surface area (Å²) in [6, 6.07) is 12.8. The topological polar surface area (TPSA) is 63.7 Å². The van der Waals surface area contributed by atoms with Gasteiger partial charge in [-0.2, -0.15) is 4.31 Å². The van der Waals surface area contributed by atoms with Crippen molar-refractivity contribution in [2.75, 3.05) is 13.1 Å². The molecule has 0 aromatic heterocycles. The van der Waals surface area contributed by atoms with Gasteiger partial charge in [0.1, 0.15) is 6.61 Å². The molecule has 0 unspecified atom stereocenters. The monoisotopic (exact) mass is 381 g/mol. The van der Waals surface area contributed by atoms with Gasteiger partial charge in [-0.25, -0.2) is 13.2 Å². The van der Waals surface area contributed by atoms with Crippen molar-refractivity contribution < 1.29 is 17.9 Å². The number of hydrogen-bond donors (Lipinski definition) is 0. The van der Waals surface area contributed by atoms with Gasteiger partial charge in [0.05, 0.1) is 10.5 Å². The highest BCUT2D eigenvalue weighted by atomic mass is 35.5. The SMILES string of the molecule is CCN(CC)S(=O)(=O)c1ccc(C(=O)OCc2cccc(Cl)c2)cc1. The molecule has 0 saturated carbocycles. The fourth-order valence-corrected chi connectivity index (χ4v) is 4.01. The normalized spacial score (nSPS) is 11.5. The Hall–Kier alpha value is -1.89. The van der Waals surface area contributed by atoms with E-state index in [9.17, 15) is 13.2 Å². The molecular weight excluding hydrogens is 362 g/mol. The van der Waals surface area contributed by atoms with Crippen molar-refractivity contribution in [1.82, 2.24) is 4.31 Å². The molecule has 0 amide bonds. The van der Waals surface area contributed by atoms with Crippen molar-refractivity contribution in [3.8, 4) is 0 Å². The minimum absolute atomic E-state index is 0.0961. The molecule has 2 aromatic carbocycles. The highest BCUT2D eigenvalue weighted by Gasteiger charge is 2.21. The summed E-state index contributed by atoms with van der Waals surface area (Å²) in [5.41, 5.74) is 1.07. The first-order valence-electron chi connectivity index (χ1n) is 7.90. The van der Waals surface area contributed by atoms with Gasteiger partial charge in [0.2, 0.25) is 10.0 Å². The van der Waals surface area contributed by atoms with Gasteiger partial charge in [-0.3, -0.25) is 0 Å². The van der Waals surface area contributed by atoms with Crippen molar-refractivity contribution in [3.63, 3.8) is 0 Å². The fraction of sp³-hybridized carbons (Fsp3) is 0.278. The molecule has 0 radical (unpaired) electrons. The van der Waals surface area contributed by atoms with E-state index in [4.69, 9.17) is 16.3 Å². The van der Waals surface area contributed by atoms with E-state index in [1.54, 1.807) is 38.1 Å². The standard InChI is InChI=1S/C18H20ClNO4S/c1-3-20(4-2)25(22,23)17-10-8-15(9-11-17)18(21)24-13-14-6-5-7-16(19)12-14/h5-12H,3-4,13H2,1-2H3. The Morgan fingerprint density at radius 3 is 2.28 bits per heavy atom. The summed E-state index contributed by atoms with van der Waals surface area (Å²) in [7, 11) is -3.54. The summed E-state index contributed by atoms with van der Waals surface area (Å²) in [5.74, 6) is -0.522. The second kappa shape index (κ2) is 8.47. The van der Waals surface area contributed by atoms with Crippen LogP contribution in [0.4, 0.5) is 0 Å². The largest absolute Gasteiger partial charge is 0.457 e. The number of benzene rings is 2. The van der Waals surface area contributed by atoms with Crippen LogP contribution < -0.4 is 0 Å². The number of carbonyl (C=O) groups excluding carboxylic acids is 1. The van der Waals surface area contributed by atoms with Crippen molar-refractivity contribution in [2.24, 2.45) is 0 Å². The third-order valence-corrected chi connectivity index (χ3v) is 5.99. The van der Waals surface area contributed by atoms with Gasteiger partial charge in [-0.1, -0.05) is 37.6 Å². The number of sulfonamides is 1. The van der Waals surface area contributed by atoms with Crippen LogP contribution in [-0.2, 0) is 21.4 Å². The van der Waals surface area contributed by atoms with Crippen molar-refractivity contribution >= 4 is 27.6 Å². The summed E-state index contributed by atoms with van der Waals surface area (Å²) in [6.45, 7) is 4.44. The van der Waals surface area contributed by atoms with Crippen LogP contribution in [0.15, 0.2) is 53.4 Å². The maximum absolute atomic E-state index is 12.4. The number of hydrogen-bond acceptors (Lipinski definition) is 4. The summed E-state index contributed by atoms with van der Waals surface area (Å²) in [4.78, 5) is 12.3. The number of esters is 1. The van der Waals surface area contributed by atoms with Gasteiger partial charge in [0.15, 0.2) is 0 Å². The van der Waals surface area contributed by atoms with Crippen LogP contribution in [0.5, 0.6) is 0 Å². The lowest BCUT2D eigenvalue weighted by atomic mass is 10.2. The minimum Gasteiger partial charge on any atom is -0.457 e. The molecule has 0 heterocycles. The van der Waals surface area contributed by atoms with Gasteiger partial charge < -0.3 is 4.74 Å². The van der Waals surface area contributed by atoms with E-state index in [1.807, 2.05) is 0 Å². The Morgan fingerprint density at radius 2 is 1.72 bits per heavy atom. The second-order valence-corrected chi connectivity index (χ2v) is 7.69. The predicted molar refractivity (Wildman–Crippen MR) is 97.1 cm³/mol. The van der Waals surface area contributed by atoms with Crippen LogP contribution in [0.3, 0.4) is 0 Å². The zero-order valence-electron chi connectivity index (χ0n) is 14.1. The van der Waals surface area contributed by atoms with Gasteiger partial charge >= 0.3 is 5.97 Å². The maximum Gasteiger partial charge on any atom is 0.338 e. The average Bonchev–Trinajstić information content (AvgIpc) is 2.60. The highest BCUT2D eigenvalue weighted by molar-refractivity contribution is 7.89. The summed E-state index contributed by atoms with van der Waals surface area (Å²) >= 11 is 5.89. The Kier molecular flexibility index (Phi) is 6.58. The molecule has 25 heavy (non-hydrogen) atoms. The van der Waals surface area contributed by atoms with E-state index in [2.05, 4.69) is 0 Å². The predicted octanol–water partition coefficient (Wildman–Crippen LogP) is 3.73. The zero-order chi connectivity index (χ0) is 18.4. The summed E-state index contributed by atoms with van der Waals surface area (Å²) in [6.07, 6.45) is 0. The summed E-state index contributed by atoms with van der Waals surface area (Å²) < 4.78 is 31.4. The maximum atomic E-state index is 12.4. The van der Waals surface area contributed by atoms with Crippen molar-refractivity contribution in [2.45, 2.75) is 25.3 Å². The van der Waals surface area contributed by atoms with Crippen LogP contribution in [0.1, 0.15) is 29.8 Å². The number of halogens is 1. The molecule has 7 heteroatoms. The van der Waals surface area contributed by atoms with Gasteiger partial charge in [-0.05, 0) is 42.0 Å². The molecule has 0 N–H and O–H groups in total. The van der Waals surface area contributed by atoms with Gasteiger partial charge in [-0.15, -0.1) is 0 Å². The molecule has 0 aliphatic rings. The number of rotatable bonds is 7. The zero-order valence-corrected chi connectivity index (χ0v) is 15.7. The molecule has 0 saturated heterocycles. The molecule has 2 rings (SSSR count). The fourth-order valence-electron chi connectivity index (χ4n) is 2.33. The Bertz CT molecular complexity index is 830. The molecule has 0 spiro atoms. The van der Waals surface area contributed by atoms with Crippen LogP contribution in [-0.4, -0.2) is 31.8 Å². The molecule has 0 atom stereocenters. The number of ether oxygens (including phenoxy) is 1. The lowest BCUT2D eigenvalue weighted by Gasteiger charge is -2.18. The van der Waals surface area contributed by atoms with E-state index >= 15 is 0 Å². The van der Waals surface area contributed by atoms with E-state index in [0.717, 1.165) is 5.56 Å². The Morgan fingerprint density at radius 1 is 1.08 bits per heavy atom. The molecular formula is C18H20ClNO4S. The molecule has 2 aromatic rings. The quantitative estimate of drug-likeness (QED) is 0.685. The van der Waals surface area contributed by atoms with Crippen LogP contribution in [0, 0.1) is 0 Å². The lowest BCUT2D eigenvalue weighted by Crippen LogP contribution is -2.30.